The largest absolute Gasteiger partial charge is 0.497 e. The van der Waals surface area contributed by atoms with E-state index in [9.17, 15) is 10.1 Å². The highest BCUT2D eigenvalue weighted by molar-refractivity contribution is 6.32. The molecule has 0 heterocycles. The normalized spacial score (nSPS) is 10.8. The van der Waals surface area contributed by atoms with Crippen molar-refractivity contribution in [2.75, 3.05) is 14.2 Å². The van der Waals surface area contributed by atoms with Gasteiger partial charge in [0, 0.05) is 6.54 Å². The van der Waals surface area contributed by atoms with Crippen LogP contribution >= 0.6 is 11.6 Å². The van der Waals surface area contributed by atoms with Gasteiger partial charge in [-0.3, -0.25) is 4.79 Å². The van der Waals surface area contributed by atoms with Gasteiger partial charge in [0.15, 0.2) is 11.5 Å². The van der Waals surface area contributed by atoms with E-state index in [1.165, 1.54) is 13.2 Å². The Balaban J connectivity index is 1.73. The summed E-state index contributed by atoms with van der Waals surface area (Å²) in [4.78, 5) is 12.5. The molecule has 0 unspecified atom stereocenters. The molecule has 0 atom stereocenters. The van der Waals surface area contributed by atoms with Gasteiger partial charge in [-0.1, -0.05) is 54.1 Å². The Kier molecular flexibility index (Phi) is 8.34. The van der Waals surface area contributed by atoms with Crippen LogP contribution in [0.2, 0.25) is 5.02 Å². The number of rotatable bonds is 9. The zero-order valence-electron chi connectivity index (χ0n) is 18.3. The summed E-state index contributed by atoms with van der Waals surface area (Å²) in [6.07, 6.45) is 1.46. The van der Waals surface area contributed by atoms with Crippen molar-refractivity contribution in [3.63, 3.8) is 0 Å². The van der Waals surface area contributed by atoms with E-state index >= 15 is 0 Å². The van der Waals surface area contributed by atoms with E-state index < -0.39 is 5.91 Å². The Bertz CT molecular complexity index is 1170. The maximum Gasteiger partial charge on any atom is 0.262 e. The number of methoxy groups -OCH3 is 2. The zero-order valence-corrected chi connectivity index (χ0v) is 19.1. The molecule has 1 N–H and O–H groups in total. The van der Waals surface area contributed by atoms with Gasteiger partial charge in [0.25, 0.3) is 5.91 Å². The molecule has 3 rings (SSSR count). The highest BCUT2D eigenvalue weighted by Crippen LogP contribution is 2.37. The van der Waals surface area contributed by atoms with E-state index in [2.05, 4.69) is 5.32 Å². The quantitative estimate of drug-likeness (QED) is 0.351. The smallest absolute Gasteiger partial charge is 0.262 e. The standard InChI is InChI=1S/C26H23ClN2O4/c1-31-22-10-8-18(9-11-22)16-29-26(30)21(15-28)12-20-13-23(27)25(24(14-20)32-2)33-17-19-6-4-3-5-7-19/h3-14H,16-17H2,1-2H3,(H,29,30)/b21-12-. The van der Waals surface area contributed by atoms with Gasteiger partial charge in [0.05, 0.1) is 19.2 Å². The summed E-state index contributed by atoms with van der Waals surface area (Å²) in [5.74, 6) is 1.03. The lowest BCUT2D eigenvalue weighted by Gasteiger charge is -2.13. The number of benzene rings is 3. The van der Waals surface area contributed by atoms with Crippen molar-refractivity contribution in [3.05, 3.63) is 94.0 Å². The molecule has 3 aromatic rings. The number of hydrogen-bond donors (Lipinski definition) is 1. The van der Waals surface area contributed by atoms with Gasteiger partial charge in [-0.2, -0.15) is 5.26 Å². The number of nitrogens with one attached hydrogen (secondary N) is 1. The van der Waals surface area contributed by atoms with Crippen molar-refractivity contribution in [3.8, 4) is 23.3 Å². The SMILES string of the molecule is COc1ccc(CNC(=O)/C(C#N)=C\c2cc(Cl)c(OCc3ccccc3)c(OC)c2)cc1. The number of amides is 1. The van der Waals surface area contributed by atoms with Crippen molar-refractivity contribution < 1.29 is 19.0 Å². The molecule has 0 saturated heterocycles. The second kappa shape index (κ2) is 11.6. The molecule has 1 amide bonds. The van der Waals surface area contributed by atoms with Gasteiger partial charge in [0.1, 0.15) is 24.0 Å². The Morgan fingerprint density at radius 2 is 1.76 bits per heavy atom. The van der Waals surface area contributed by atoms with E-state index in [-0.39, 0.29) is 12.1 Å². The minimum Gasteiger partial charge on any atom is -0.497 e. The molecular weight excluding hydrogens is 440 g/mol. The Morgan fingerprint density at radius 1 is 1.03 bits per heavy atom. The van der Waals surface area contributed by atoms with E-state index in [0.717, 1.165) is 16.9 Å². The number of carbonyl (C=O) groups is 1. The number of carbonyl (C=O) groups excluding carboxylic acids is 1. The van der Waals surface area contributed by atoms with Crippen LogP contribution in [0.15, 0.2) is 72.3 Å². The molecule has 0 radical (unpaired) electrons. The number of ether oxygens (including phenoxy) is 3. The summed E-state index contributed by atoms with van der Waals surface area (Å²) in [7, 11) is 3.09. The molecule has 0 bridgehead atoms. The Hall–Kier alpha value is -3.95. The summed E-state index contributed by atoms with van der Waals surface area (Å²) >= 11 is 6.42. The van der Waals surface area contributed by atoms with Crippen LogP contribution in [-0.4, -0.2) is 20.1 Å². The second-order valence-corrected chi connectivity index (χ2v) is 7.42. The maximum absolute atomic E-state index is 12.5. The van der Waals surface area contributed by atoms with Gasteiger partial charge >= 0.3 is 0 Å². The summed E-state index contributed by atoms with van der Waals surface area (Å²) in [6, 6.07) is 22.2. The van der Waals surface area contributed by atoms with Crippen LogP contribution in [0.4, 0.5) is 0 Å². The van der Waals surface area contributed by atoms with Gasteiger partial charge in [0.2, 0.25) is 0 Å². The van der Waals surface area contributed by atoms with Gasteiger partial charge < -0.3 is 19.5 Å². The first-order chi connectivity index (χ1) is 16.0. The van der Waals surface area contributed by atoms with Crippen LogP contribution in [0.1, 0.15) is 16.7 Å². The predicted molar refractivity (Wildman–Crippen MR) is 127 cm³/mol. The fourth-order valence-electron chi connectivity index (χ4n) is 3.03. The van der Waals surface area contributed by atoms with Crippen LogP contribution < -0.4 is 19.5 Å². The first kappa shape index (κ1) is 23.7. The van der Waals surface area contributed by atoms with Crippen molar-refractivity contribution >= 4 is 23.6 Å². The lowest BCUT2D eigenvalue weighted by molar-refractivity contribution is -0.117. The van der Waals surface area contributed by atoms with E-state index in [4.69, 9.17) is 25.8 Å². The number of hydrogen-bond acceptors (Lipinski definition) is 5. The Labute approximate surface area is 198 Å². The average molecular weight is 463 g/mol. The van der Waals surface area contributed by atoms with Gasteiger partial charge in [-0.05, 0) is 47.0 Å². The maximum atomic E-state index is 12.5. The molecule has 7 heteroatoms. The summed E-state index contributed by atoms with van der Waals surface area (Å²) in [5.41, 5.74) is 2.35. The summed E-state index contributed by atoms with van der Waals surface area (Å²) < 4.78 is 16.4. The molecule has 0 aliphatic rings. The highest BCUT2D eigenvalue weighted by atomic mass is 35.5. The molecule has 3 aromatic carbocycles. The third-order valence-electron chi connectivity index (χ3n) is 4.77. The first-order valence-corrected chi connectivity index (χ1v) is 10.5. The average Bonchev–Trinajstić information content (AvgIpc) is 2.85. The fraction of sp³-hybridized carbons (Fsp3) is 0.154. The molecule has 0 aliphatic heterocycles. The van der Waals surface area contributed by atoms with Crippen LogP contribution in [-0.2, 0) is 17.9 Å². The summed E-state index contributed by atoms with van der Waals surface area (Å²) in [6.45, 7) is 0.599. The van der Waals surface area contributed by atoms with Gasteiger partial charge in [-0.25, -0.2) is 0 Å². The molecule has 168 valence electrons. The minimum absolute atomic E-state index is 0.0559. The van der Waals surface area contributed by atoms with Crippen LogP contribution in [0.5, 0.6) is 17.2 Å². The number of nitrogens with zero attached hydrogens (tertiary/aromatic N) is 1. The topological polar surface area (TPSA) is 80.6 Å². The summed E-state index contributed by atoms with van der Waals surface area (Å²) in [5, 5.41) is 12.6. The molecule has 0 aromatic heterocycles. The second-order valence-electron chi connectivity index (χ2n) is 7.01. The van der Waals surface area contributed by atoms with Crippen molar-refractivity contribution in [1.82, 2.24) is 5.32 Å². The number of halogens is 1. The third-order valence-corrected chi connectivity index (χ3v) is 5.05. The van der Waals surface area contributed by atoms with E-state index in [0.29, 0.717) is 28.7 Å². The van der Waals surface area contributed by atoms with E-state index in [1.54, 1.807) is 31.4 Å². The van der Waals surface area contributed by atoms with Crippen LogP contribution in [0.3, 0.4) is 0 Å². The lowest BCUT2D eigenvalue weighted by Crippen LogP contribution is -2.23. The number of nitriles is 1. The molecule has 0 fully saturated rings. The fourth-order valence-corrected chi connectivity index (χ4v) is 3.30. The predicted octanol–water partition coefficient (Wildman–Crippen LogP) is 5.16. The molecule has 0 spiro atoms. The monoisotopic (exact) mass is 462 g/mol. The third kappa shape index (κ3) is 6.52. The molecular formula is C26H23ClN2O4. The van der Waals surface area contributed by atoms with Crippen molar-refractivity contribution in [1.29, 1.82) is 5.26 Å². The van der Waals surface area contributed by atoms with Crippen LogP contribution in [0.25, 0.3) is 6.08 Å². The van der Waals surface area contributed by atoms with Crippen LogP contribution in [0, 0.1) is 11.3 Å². The lowest BCUT2D eigenvalue weighted by atomic mass is 10.1. The first-order valence-electron chi connectivity index (χ1n) is 10.1. The molecule has 0 aliphatic carbocycles. The molecule has 6 nitrogen and oxygen atoms in total. The highest BCUT2D eigenvalue weighted by Gasteiger charge is 2.14. The van der Waals surface area contributed by atoms with Crippen molar-refractivity contribution in [2.24, 2.45) is 0 Å². The minimum atomic E-state index is -0.493. The van der Waals surface area contributed by atoms with Gasteiger partial charge in [-0.15, -0.1) is 0 Å². The zero-order chi connectivity index (χ0) is 23.6. The molecule has 33 heavy (non-hydrogen) atoms. The Morgan fingerprint density at radius 3 is 2.39 bits per heavy atom. The van der Waals surface area contributed by atoms with Crippen molar-refractivity contribution in [2.45, 2.75) is 13.2 Å². The molecule has 0 saturated carbocycles. The van der Waals surface area contributed by atoms with E-state index in [1.807, 2.05) is 48.5 Å².